The van der Waals surface area contributed by atoms with E-state index < -0.39 is 48.4 Å². The summed E-state index contributed by atoms with van der Waals surface area (Å²) in [6.45, 7) is -0.622. The average molecular weight is 412 g/mol. The minimum atomic E-state index is -4.89. The molecule has 1 aromatic rings. The average Bonchev–Trinajstić information content (AvgIpc) is 3.06. The number of hydrogen-bond donors (Lipinski definition) is 3. The van der Waals surface area contributed by atoms with E-state index in [-0.39, 0.29) is 30.7 Å². The van der Waals surface area contributed by atoms with Crippen LogP contribution in [-0.2, 0) is 0 Å². The quantitative estimate of drug-likeness (QED) is 0.647. The summed E-state index contributed by atoms with van der Waals surface area (Å²) in [7, 11) is 0. The van der Waals surface area contributed by atoms with Crippen molar-refractivity contribution in [1.82, 2.24) is 10.6 Å². The molecule has 0 radical (unpaired) electrons. The molecule has 1 aromatic carbocycles. The zero-order valence-electron chi connectivity index (χ0n) is 14.4. The summed E-state index contributed by atoms with van der Waals surface area (Å²) < 4.78 is 80.0. The van der Waals surface area contributed by atoms with Gasteiger partial charge in [-0.3, -0.25) is 0 Å². The molecule has 0 spiro atoms. The van der Waals surface area contributed by atoms with E-state index in [1.807, 2.05) is 0 Å². The van der Waals surface area contributed by atoms with Crippen LogP contribution in [0, 0.1) is 11.3 Å². The lowest BCUT2D eigenvalue weighted by molar-refractivity contribution is -0.274. The Labute approximate surface area is 156 Å². The Morgan fingerprint density at radius 3 is 2.43 bits per heavy atom. The van der Waals surface area contributed by atoms with Gasteiger partial charge < -0.3 is 20.5 Å². The van der Waals surface area contributed by atoms with Gasteiger partial charge in [0, 0.05) is 6.04 Å². The Morgan fingerprint density at radius 2 is 1.89 bits per heavy atom. The van der Waals surface area contributed by atoms with Crippen LogP contribution >= 0.6 is 0 Å². The van der Waals surface area contributed by atoms with Gasteiger partial charge in [-0.1, -0.05) is 12.1 Å². The highest BCUT2D eigenvalue weighted by molar-refractivity contribution is 5.75. The summed E-state index contributed by atoms with van der Waals surface area (Å²) >= 11 is 0. The van der Waals surface area contributed by atoms with Crippen LogP contribution in [0.4, 0.5) is 31.1 Å². The standard InChI is InChI=1S/C17H18F6N2O3/c18-16(19,20)15-5-10(6-15)12(7-15)24-14(27)25-13(8-26)9-2-1-3-11(4-9)28-17(21,22)23/h1-4,10,12-13,26H,5-8H2,(H2,24,25,27)/t10?,12?,13-,15?/m0/s1. The molecule has 4 rings (SSSR count). The molecule has 3 aliphatic carbocycles. The van der Waals surface area contributed by atoms with Gasteiger partial charge >= 0.3 is 18.6 Å². The van der Waals surface area contributed by atoms with Crippen LogP contribution < -0.4 is 15.4 Å². The molecule has 0 aliphatic heterocycles. The van der Waals surface area contributed by atoms with Gasteiger partial charge in [0.1, 0.15) is 5.75 Å². The van der Waals surface area contributed by atoms with E-state index >= 15 is 0 Å². The first-order valence-corrected chi connectivity index (χ1v) is 8.53. The summed E-state index contributed by atoms with van der Waals surface area (Å²) in [6, 6.07) is 2.24. The Bertz CT molecular complexity index is 730. The molecule has 0 heterocycles. The van der Waals surface area contributed by atoms with Crippen molar-refractivity contribution in [3.63, 3.8) is 0 Å². The second kappa shape index (κ2) is 7.02. The van der Waals surface area contributed by atoms with Crippen LogP contribution in [0.2, 0.25) is 0 Å². The number of hydrogen-bond acceptors (Lipinski definition) is 3. The zero-order chi connectivity index (χ0) is 20.7. The molecular formula is C17H18F6N2O3. The molecule has 3 N–H and O–H groups in total. The molecule has 2 bridgehead atoms. The summed E-state index contributed by atoms with van der Waals surface area (Å²) in [4.78, 5) is 12.1. The SMILES string of the molecule is O=C(NC1CC2(C(F)(F)F)CC1C2)N[C@@H](CO)c1cccc(OC(F)(F)F)c1. The van der Waals surface area contributed by atoms with Crippen molar-refractivity contribution in [2.45, 2.75) is 43.9 Å². The largest absolute Gasteiger partial charge is 0.573 e. The Morgan fingerprint density at radius 1 is 1.21 bits per heavy atom. The normalized spacial score (nSPS) is 27.7. The van der Waals surface area contributed by atoms with E-state index in [0.29, 0.717) is 0 Å². The maximum Gasteiger partial charge on any atom is 0.573 e. The molecule has 5 nitrogen and oxygen atoms in total. The van der Waals surface area contributed by atoms with Crippen molar-refractivity contribution in [3.8, 4) is 5.75 Å². The maximum absolute atomic E-state index is 13.1. The molecule has 1 unspecified atom stereocenters. The summed E-state index contributed by atoms with van der Waals surface area (Å²) in [5.41, 5.74) is -1.59. The number of aliphatic hydroxyl groups excluding tert-OH is 1. The number of carbonyl (C=O) groups excluding carboxylic acids is 1. The van der Waals surface area contributed by atoms with Crippen molar-refractivity contribution < 1.29 is 41.0 Å². The van der Waals surface area contributed by atoms with Crippen LogP contribution in [0.15, 0.2) is 24.3 Å². The van der Waals surface area contributed by atoms with Gasteiger partial charge in [-0.05, 0) is 42.9 Å². The molecule has 0 aromatic heterocycles. The number of halogens is 6. The number of fused-ring (bicyclic) bond motifs is 1. The van der Waals surface area contributed by atoms with E-state index in [4.69, 9.17) is 0 Å². The molecule has 2 amide bonds. The predicted molar refractivity (Wildman–Crippen MR) is 84.2 cm³/mol. The Balaban J connectivity index is 1.60. The van der Waals surface area contributed by atoms with Crippen molar-refractivity contribution in [3.05, 3.63) is 29.8 Å². The van der Waals surface area contributed by atoms with Crippen molar-refractivity contribution in [2.24, 2.45) is 11.3 Å². The molecule has 3 aliphatic rings. The lowest BCUT2D eigenvalue weighted by atomic mass is 9.69. The van der Waals surface area contributed by atoms with Gasteiger partial charge in [0.25, 0.3) is 0 Å². The number of urea groups is 1. The van der Waals surface area contributed by atoms with E-state index in [1.54, 1.807) is 0 Å². The van der Waals surface area contributed by atoms with Crippen molar-refractivity contribution >= 4 is 6.03 Å². The maximum atomic E-state index is 13.1. The minimum Gasteiger partial charge on any atom is -0.406 e. The zero-order valence-corrected chi connectivity index (χ0v) is 14.4. The third kappa shape index (κ3) is 4.13. The second-order valence-corrected chi connectivity index (χ2v) is 7.23. The topological polar surface area (TPSA) is 70.6 Å². The molecular weight excluding hydrogens is 394 g/mol. The molecule has 156 valence electrons. The van der Waals surface area contributed by atoms with Gasteiger partial charge in [0.05, 0.1) is 18.1 Å². The Hall–Kier alpha value is -2.17. The third-order valence-electron chi connectivity index (χ3n) is 5.39. The van der Waals surface area contributed by atoms with Crippen molar-refractivity contribution in [1.29, 1.82) is 0 Å². The molecule has 2 atom stereocenters. The van der Waals surface area contributed by atoms with E-state index in [1.165, 1.54) is 12.1 Å². The van der Waals surface area contributed by atoms with Gasteiger partial charge in [0.2, 0.25) is 0 Å². The third-order valence-corrected chi connectivity index (χ3v) is 5.39. The van der Waals surface area contributed by atoms with Gasteiger partial charge in [0.15, 0.2) is 0 Å². The molecule has 3 fully saturated rings. The van der Waals surface area contributed by atoms with Crippen LogP contribution in [0.5, 0.6) is 5.75 Å². The van der Waals surface area contributed by atoms with Crippen LogP contribution in [0.1, 0.15) is 30.9 Å². The minimum absolute atomic E-state index is 0.0261. The monoisotopic (exact) mass is 412 g/mol. The second-order valence-electron chi connectivity index (χ2n) is 7.23. The highest BCUT2D eigenvalue weighted by atomic mass is 19.4. The van der Waals surface area contributed by atoms with Gasteiger partial charge in [-0.25, -0.2) is 4.79 Å². The summed E-state index contributed by atoms with van der Waals surface area (Å²) in [6.07, 6.45) is -9.46. The van der Waals surface area contributed by atoms with E-state index in [0.717, 1.165) is 12.1 Å². The smallest absolute Gasteiger partial charge is 0.406 e. The van der Waals surface area contributed by atoms with Crippen LogP contribution in [0.3, 0.4) is 0 Å². The molecule has 28 heavy (non-hydrogen) atoms. The first kappa shape index (κ1) is 20.6. The molecule has 3 saturated carbocycles. The number of benzene rings is 1. The molecule has 11 heteroatoms. The fourth-order valence-corrected chi connectivity index (χ4v) is 4.03. The highest BCUT2D eigenvalue weighted by Gasteiger charge is 2.69. The number of nitrogens with one attached hydrogen (secondary N) is 2. The number of ether oxygens (including phenoxy) is 1. The van der Waals surface area contributed by atoms with Gasteiger partial charge in [-0.2, -0.15) is 13.2 Å². The first-order chi connectivity index (χ1) is 12.9. The lowest BCUT2D eigenvalue weighted by Gasteiger charge is -2.39. The predicted octanol–water partition coefficient (Wildman–Crippen LogP) is 3.65. The van der Waals surface area contributed by atoms with Gasteiger partial charge in [-0.15, -0.1) is 13.2 Å². The lowest BCUT2D eigenvalue weighted by Crippen LogP contribution is -2.45. The summed E-state index contributed by atoms with van der Waals surface area (Å²) in [5.74, 6) is -0.780. The number of alkyl halides is 6. The summed E-state index contributed by atoms with van der Waals surface area (Å²) in [5, 5.41) is 14.3. The number of amides is 2. The fourth-order valence-electron chi connectivity index (χ4n) is 4.03. The van der Waals surface area contributed by atoms with Crippen LogP contribution in [0.25, 0.3) is 0 Å². The fraction of sp³-hybridized carbons (Fsp3) is 0.588. The number of carbonyl (C=O) groups is 1. The van der Waals surface area contributed by atoms with E-state index in [9.17, 15) is 36.2 Å². The number of aliphatic hydroxyl groups is 1. The molecule has 0 saturated heterocycles. The highest BCUT2D eigenvalue weighted by Crippen LogP contribution is 2.65. The van der Waals surface area contributed by atoms with E-state index in [2.05, 4.69) is 15.4 Å². The van der Waals surface area contributed by atoms with Crippen LogP contribution in [-0.4, -0.2) is 36.3 Å². The first-order valence-electron chi connectivity index (χ1n) is 8.53. The Kier molecular flexibility index (Phi) is 5.15. The van der Waals surface area contributed by atoms with Crippen molar-refractivity contribution in [2.75, 3.05) is 6.61 Å². The number of rotatable bonds is 5.